The summed E-state index contributed by atoms with van der Waals surface area (Å²) in [5, 5.41) is 0.439. The first-order valence-electron chi connectivity index (χ1n) is 5.70. The molecule has 2 aromatic rings. The van der Waals surface area contributed by atoms with Crippen LogP contribution in [0.15, 0.2) is 36.4 Å². The van der Waals surface area contributed by atoms with Gasteiger partial charge in [-0.15, -0.1) is 0 Å². The van der Waals surface area contributed by atoms with Gasteiger partial charge in [-0.05, 0) is 48.4 Å². The second-order valence-corrected chi connectivity index (χ2v) is 4.73. The maximum atomic E-state index is 13.5. The second-order valence-electron chi connectivity index (χ2n) is 4.29. The van der Waals surface area contributed by atoms with E-state index in [0.717, 1.165) is 23.8 Å². The first-order valence-corrected chi connectivity index (χ1v) is 6.08. The number of hydrogen-bond donors (Lipinski definition) is 0. The van der Waals surface area contributed by atoms with E-state index in [1.807, 2.05) is 0 Å². The molecule has 0 aliphatic rings. The molecular weight excluding hydrogens is 270 g/mol. The zero-order chi connectivity index (χ0) is 14.0. The number of hydrogen-bond acceptors (Lipinski definition) is 1. The minimum atomic E-state index is -0.588. The van der Waals surface area contributed by atoms with E-state index in [-0.39, 0.29) is 17.8 Å². The molecule has 0 aliphatic heterocycles. The third-order valence-corrected chi connectivity index (χ3v) is 3.09. The molecule has 0 bridgehead atoms. The normalized spacial score (nSPS) is 10.5. The van der Waals surface area contributed by atoms with Crippen LogP contribution in [0.25, 0.3) is 0 Å². The Morgan fingerprint density at radius 2 is 1.89 bits per heavy atom. The lowest BCUT2D eigenvalue weighted by Gasteiger charge is -2.06. The smallest absolute Gasteiger partial charge is 0.167 e. The Morgan fingerprint density at radius 1 is 1.16 bits per heavy atom. The first-order chi connectivity index (χ1) is 8.97. The highest BCUT2D eigenvalue weighted by Crippen LogP contribution is 2.19. The minimum Gasteiger partial charge on any atom is -0.294 e. The van der Waals surface area contributed by atoms with Crippen LogP contribution in [0.2, 0.25) is 5.02 Å². The van der Waals surface area contributed by atoms with Crippen LogP contribution in [0.1, 0.15) is 21.5 Å². The average molecular weight is 281 g/mol. The molecule has 1 nitrogen and oxygen atoms in total. The predicted octanol–water partition coefficient (Wildman–Crippen LogP) is 4.35. The summed E-state index contributed by atoms with van der Waals surface area (Å²) in [7, 11) is 0. The number of benzene rings is 2. The van der Waals surface area contributed by atoms with E-state index >= 15 is 0 Å². The fraction of sp³-hybridized carbons (Fsp3) is 0.133. The number of ketones is 1. The average Bonchev–Trinajstić information content (AvgIpc) is 2.36. The molecule has 98 valence electrons. The van der Waals surface area contributed by atoms with Crippen molar-refractivity contribution in [3.63, 3.8) is 0 Å². The zero-order valence-corrected chi connectivity index (χ0v) is 11.0. The number of carbonyl (C=O) groups is 1. The molecule has 0 unspecified atom stereocenters. The Bertz CT molecular complexity index is 638. The highest BCUT2D eigenvalue weighted by Gasteiger charge is 2.13. The van der Waals surface area contributed by atoms with Crippen molar-refractivity contribution in [1.82, 2.24) is 0 Å². The summed E-state index contributed by atoms with van der Waals surface area (Å²) in [5.41, 5.74) is 1.23. The van der Waals surface area contributed by atoms with Gasteiger partial charge in [-0.25, -0.2) is 8.78 Å². The van der Waals surface area contributed by atoms with Gasteiger partial charge in [0.2, 0.25) is 0 Å². The van der Waals surface area contributed by atoms with E-state index < -0.39 is 11.6 Å². The van der Waals surface area contributed by atoms with Crippen LogP contribution in [0.5, 0.6) is 0 Å². The summed E-state index contributed by atoms with van der Waals surface area (Å²) in [4.78, 5) is 12.1. The van der Waals surface area contributed by atoms with Gasteiger partial charge in [0.1, 0.15) is 11.6 Å². The number of carbonyl (C=O) groups excluding carboxylic acids is 1. The van der Waals surface area contributed by atoms with Gasteiger partial charge in [-0.1, -0.05) is 17.7 Å². The van der Waals surface area contributed by atoms with E-state index in [1.165, 1.54) is 6.07 Å². The maximum absolute atomic E-state index is 13.5. The van der Waals surface area contributed by atoms with Crippen LogP contribution < -0.4 is 0 Å². The molecule has 0 aliphatic carbocycles. The van der Waals surface area contributed by atoms with E-state index in [2.05, 4.69) is 0 Å². The first kappa shape index (κ1) is 13.7. The topological polar surface area (TPSA) is 17.1 Å². The fourth-order valence-corrected chi connectivity index (χ4v) is 2.01. The van der Waals surface area contributed by atoms with Crippen LogP contribution >= 0.6 is 11.6 Å². The molecule has 0 saturated heterocycles. The Balaban J connectivity index is 2.30. The van der Waals surface area contributed by atoms with E-state index in [4.69, 9.17) is 11.6 Å². The highest BCUT2D eigenvalue weighted by atomic mass is 35.5. The number of rotatable bonds is 3. The van der Waals surface area contributed by atoms with E-state index in [9.17, 15) is 13.6 Å². The van der Waals surface area contributed by atoms with Gasteiger partial charge >= 0.3 is 0 Å². The van der Waals surface area contributed by atoms with E-state index in [0.29, 0.717) is 10.6 Å². The Morgan fingerprint density at radius 3 is 2.63 bits per heavy atom. The third-order valence-electron chi connectivity index (χ3n) is 2.86. The molecule has 4 heteroatoms. The largest absolute Gasteiger partial charge is 0.294 e. The summed E-state index contributed by atoms with van der Waals surface area (Å²) >= 11 is 5.83. The number of Topliss-reactive ketones (excluding diaryl/α,β-unsaturated/α-hetero) is 1. The highest BCUT2D eigenvalue weighted by molar-refractivity contribution is 6.31. The monoisotopic (exact) mass is 280 g/mol. The Hall–Kier alpha value is -1.74. The third kappa shape index (κ3) is 3.18. The summed E-state index contributed by atoms with van der Waals surface area (Å²) in [6, 6.07) is 8.01. The van der Waals surface area contributed by atoms with Gasteiger partial charge in [0, 0.05) is 17.0 Å². The summed E-state index contributed by atoms with van der Waals surface area (Å²) < 4.78 is 26.5. The molecule has 2 aromatic carbocycles. The molecule has 0 heterocycles. The molecule has 19 heavy (non-hydrogen) atoms. The second kappa shape index (κ2) is 5.49. The quantitative estimate of drug-likeness (QED) is 0.764. The molecular formula is C15H11ClF2O. The lowest BCUT2D eigenvalue weighted by atomic mass is 9.99. The van der Waals surface area contributed by atoms with Crippen LogP contribution in [-0.2, 0) is 6.42 Å². The summed E-state index contributed by atoms with van der Waals surface area (Å²) in [5.74, 6) is -1.44. The molecule has 0 aromatic heterocycles. The molecule has 0 amide bonds. The molecule has 0 radical (unpaired) electrons. The Labute approximate surface area is 114 Å². The van der Waals surface area contributed by atoms with Gasteiger partial charge in [0.15, 0.2) is 5.78 Å². The van der Waals surface area contributed by atoms with Crippen LogP contribution in [-0.4, -0.2) is 5.78 Å². The van der Waals surface area contributed by atoms with Crippen molar-refractivity contribution in [1.29, 1.82) is 0 Å². The Kier molecular flexibility index (Phi) is 3.96. The molecule has 0 saturated carbocycles. The van der Waals surface area contributed by atoms with Crippen molar-refractivity contribution in [3.8, 4) is 0 Å². The van der Waals surface area contributed by atoms with Crippen molar-refractivity contribution in [3.05, 3.63) is 69.7 Å². The lowest BCUT2D eigenvalue weighted by molar-refractivity contribution is 0.0991. The molecule has 2 rings (SSSR count). The predicted molar refractivity (Wildman–Crippen MR) is 70.6 cm³/mol. The van der Waals surface area contributed by atoms with Crippen LogP contribution in [0.4, 0.5) is 8.78 Å². The fourth-order valence-electron chi connectivity index (χ4n) is 1.84. The lowest BCUT2D eigenvalue weighted by Crippen LogP contribution is -2.07. The number of halogens is 3. The summed E-state index contributed by atoms with van der Waals surface area (Å²) in [6.07, 6.45) is -0.190. The summed E-state index contributed by atoms with van der Waals surface area (Å²) in [6.45, 7) is 1.77. The van der Waals surface area contributed by atoms with Crippen molar-refractivity contribution in [2.75, 3.05) is 0 Å². The SMILES string of the molecule is Cc1ccc(Cl)cc1C(=O)Cc1cc(F)ccc1F. The van der Waals surface area contributed by atoms with Crippen molar-refractivity contribution in [2.24, 2.45) is 0 Å². The molecule has 0 fully saturated rings. The maximum Gasteiger partial charge on any atom is 0.167 e. The van der Waals surface area contributed by atoms with Crippen molar-refractivity contribution in [2.45, 2.75) is 13.3 Å². The minimum absolute atomic E-state index is 0.0457. The van der Waals surface area contributed by atoms with Crippen LogP contribution in [0.3, 0.4) is 0 Å². The molecule has 0 N–H and O–H groups in total. The van der Waals surface area contributed by atoms with Crippen molar-refractivity contribution < 1.29 is 13.6 Å². The van der Waals surface area contributed by atoms with Gasteiger partial charge in [0.25, 0.3) is 0 Å². The molecule has 0 spiro atoms. The zero-order valence-electron chi connectivity index (χ0n) is 10.2. The number of aryl methyl sites for hydroxylation is 1. The van der Waals surface area contributed by atoms with E-state index in [1.54, 1.807) is 19.1 Å². The van der Waals surface area contributed by atoms with Crippen molar-refractivity contribution >= 4 is 17.4 Å². The van der Waals surface area contributed by atoms with Gasteiger partial charge in [-0.3, -0.25) is 4.79 Å². The standard InChI is InChI=1S/C15H11ClF2O/c1-9-2-3-11(16)8-13(9)15(19)7-10-6-12(17)4-5-14(10)18/h2-6,8H,7H2,1H3. The molecule has 0 atom stereocenters. The van der Waals surface area contributed by atoms with Gasteiger partial charge in [0.05, 0.1) is 0 Å². The van der Waals surface area contributed by atoms with Gasteiger partial charge in [-0.2, -0.15) is 0 Å². The van der Waals surface area contributed by atoms with Gasteiger partial charge < -0.3 is 0 Å². The van der Waals surface area contributed by atoms with Crippen LogP contribution in [0, 0.1) is 18.6 Å².